The molecule has 2 saturated heterocycles. The van der Waals surface area contributed by atoms with Gasteiger partial charge in [-0.25, -0.2) is 17.6 Å². The van der Waals surface area contributed by atoms with E-state index in [4.69, 9.17) is 14.2 Å². The number of benzene rings is 2. The predicted octanol–water partition coefficient (Wildman–Crippen LogP) is 1.68. The molecule has 9 nitrogen and oxygen atoms in total. The number of nitrogens with zero attached hydrogens (tertiary/aromatic N) is 2. The van der Waals surface area contributed by atoms with E-state index in [1.165, 1.54) is 58.8 Å². The van der Waals surface area contributed by atoms with Gasteiger partial charge in [0.25, 0.3) is 5.91 Å². The van der Waals surface area contributed by atoms with Crippen LogP contribution in [0.4, 0.5) is 4.39 Å². The van der Waals surface area contributed by atoms with E-state index in [1.54, 1.807) is 6.07 Å². The quantitative estimate of drug-likeness (QED) is 0.566. The second-order valence-electron chi connectivity index (χ2n) is 7.94. The molecule has 0 saturated carbocycles. The Hall–Kier alpha value is -3.02. The lowest BCUT2D eigenvalue weighted by Crippen LogP contribution is -2.41. The van der Waals surface area contributed by atoms with E-state index in [0.29, 0.717) is 13.2 Å². The number of carbonyl (C=O) groups excluding carboxylic acids is 2. The zero-order chi connectivity index (χ0) is 24.3. The second-order valence-corrected chi connectivity index (χ2v) is 9.88. The largest absolute Gasteiger partial charge is 0.485 e. The summed E-state index contributed by atoms with van der Waals surface area (Å²) < 4.78 is 56.7. The Morgan fingerprint density at radius 3 is 2.38 bits per heavy atom. The van der Waals surface area contributed by atoms with Crippen molar-refractivity contribution in [3.63, 3.8) is 0 Å². The zero-order valence-corrected chi connectivity index (χ0v) is 19.4. The van der Waals surface area contributed by atoms with Crippen molar-refractivity contribution in [3.8, 4) is 5.75 Å². The van der Waals surface area contributed by atoms with Gasteiger partial charge in [-0.3, -0.25) is 4.79 Å². The van der Waals surface area contributed by atoms with E-state index in [0.717, 1.165) is 0 Å². The zero-order valence-electron chi connectivity index (χ0n) is 18.6. The molecule has 2 heterocycles. The molecule has 2 unspecified atom stereocenters. The van der Waals surface area contributed by atoms with Gasteiger partial charge in [-0.2, -0.15) is 4.31 Å². The Morgan fingerprint density at radius 1 is 1.06 bits per heavy atom. The summed E-state index contributed by atoms with van der Waals surface area (Å²) in [4.78, 5) is 26.9. The van der Waals surface area contributed by atoms with E-state index in [2.05, 4.69) is 0 Å². The van der Waals surface area contributed by atoms with Crippen LogP contribution in [0.1, 0.15) is 16.8 Å². The van der Waals surface area contributed by atoms with Gasteiger partial charge in [0, 0.05) is 25.1 Å². The second kappa shape index (κ2) is 10.1. The van der Waals surface area contributed by atoms with E-state index >= 15 is 0 Å². The summed E-state index contributed by atoms with van der Waals surface area (Å²) in [6, 6.07) is 10.5. The molecule has 2 fully saturated rings. The summed E-state index contributed by atoms with van der Waals surface area (Å²) in [5.74, 6) is -1.60. The predicted molar refractivity (Wildman–Crippen MR) is 118 cm³/mol. The highest BCUT2D eigenvalue weighted by atomic mass is 32.2. The molecule has 2 atom stereocenters. The molecule has 11 heteroatoms. The molecule has 34 heavy (non-hydrogen) atoms. The summed E-state index contributed by atoms with van der Waals surface area (Å²) in [5, 5.41) is 0. The van der Waals surface area contributed by atoms with Crippen LogP contribution >= 0.6 is 0 Å². The molecule has 4 rings (SSSR count). The Labute approximate surface area is 197 Å². The SMILES string of the molecule is COC(=O)C1CC(Oc2ccccc2F)CN1C(=O)c1ccc(S(=O)(=O)N2CCOCC2)cc1. The average molecular weight is 493 g/mol. The summed E-state index contributed by atoms with van der Waals surface area (Å²) in [6.07, 6.45) is -0.484. The first-order valence-corrected chi connectivity index (χ1v) is 12.2. The number of halogens is 1. The number of hydrogen-bond acceptors (Lipinski definition) is 7. The monoisotopic (exact) mass is 492 g/mol. The topological polar surface area (TPSA) is 102 Å². The molecule has 2 aromatic rings. The van der Waals surface area contributed by atoms with Crippen LogP contribution in [0.25, 0.3) is 0 Å². The van der Waals surface area contributed by atoms with Crippen LogP contribution in [0.2, 0.25) is 0 Å². The van der Waals surface area contributed by atoms with Gasteiger partial charge >= 0.3 is 5.97 Å². The van der Waals surface area contributed by atoms with Crippen molar-refractivity contribution in [2.24, 2.45) is 0 Å². The van der Waals surface area contributed by atoms with Crippen LogP contribution in [-0.4, -0.2) is 81.6 Å². The van der Waals surface area contributed by atoms with Crippen LogP contribution in [-0.2, 0) is 24.3 Å². The minimum Gasteiger partial charge on any atom is -0.485 e. The van der Waals surface area contributed by atoms with Gasteiger partial charge in [0.15, 0.2) is 11.6 Å². The lowest BCUT2D eigenvalue weighted by molar-refractivity contribution is -0.145. The normalized spacial score (nSPS) is 21.3. The fraction of sp³-hybridized carbons (Fsp3) is 0.391. The van der Waals surface area contributed by atoms with Gasteiger partial charge in [-0.15, -0.1) is 0 Å². The van der Waals surface area contributed by atoms with Gasteiger partial charge in [0.2, 0.25) is 10.0 Å². The molecule has 2 aliphatic heterocycles. The highest BCUT2D eigenvalue weighted by molar-refractivity contribution is 7.89. The molecule has 0 aromatic heterocycles. The van der Waals surface area contributed by atoms with E-state index in [1.807, 2.05) is 0 Å². The number of morpholine rings is 1. The van der Waals surface area contributed by atoms with Crippen molar-refractivity contribution in [1.29, 1.82) is 0 Å². The molecule has 1 amide bonds. The molecule has 0 spiro atoms. The molecular weight excluding hydrogens is 467 g/mol. The first-order chi connectivity index (χ1) is 16.3. The number of ether oxygens (including phenoxy) is 3. The molecule has 0 aliphatic carbocycles. The molecule has 0 N–H and O–H groups in total. The fourth-order valence-electron chi connectivity index (χ4n) is 4.06. The van der Waals surface area contributed by atoms with Crippen molar-refractivity contribution in [3.05, 3.63) is 59.9 Å². The third-order valence-electron chi connectivity index (χ3n) is 5.84. The Kier molecular flexibility index (Phi) is 7.15. The Bertz CT molecular complexity index is 1150. The first-order valence-electron chi connectivity index (χ1n) is 10.8. The lowest BCUT2D eigenvalue weighted by atomic mass is 10.1. The van der Waals surface area contributed by atoms with Crippen LogP contribution in [0.15, 0.2) is 53.4 Å². The highest BCUT2D eigenvalue weighted by Gasteiger charge is 2.42. The number of likely N-dealkylation sites (tertiary alicyclic amines) is 1. The number of sulfonamides is 1. The molecule has 0 bridgehead atoms. The minimum atomic E-state index is -3.70. The number of para-hydroxylation sites is 1. The minimum absolute atomic E-state index is 0.0306. The molecule has 182 valence electrons. The Morgan fingerprint density at radius 2 is 1.74 bits per heavy atom. The maximum atomic E-state index is 14.0. The smallest absolute Gasteiger partial charge is 0.328 e. The standard InChI is InChI=1S/C23H25FN2O7S/c1-31-23(28)20-14-17(33-21-5-3-2-4-19(21)24)15-26(20)22(27)16-6-8-18(9-7-16)34(29,30)25-10-12-32-13-11-25/h2-9,17,20H,10-15H2,1H3. The number of rotatable bonds is 6. The lowest BCUT2D eigenvalue weighted by Gasteiger charge is -2.26. The average Bonchev–Trinajstić information content (AvgIpc) is 3.29. The van der Waals surface area contributed by atoms with Crippen molar-refractivity contribution in [2.75, 3.05) is 40.0 Å². The van der Waals surface area contributed by atoms with Crippen LogP contribution in [0.5, 0.6) is 5.75 Å². The summed E-state index contributed by atoms with van der Waals surface area (Å²) in [6.45, 7) is 1.23. The van der Waals surface area contributed by atoms with Gasteiger partial charge in [0.1, 0.15) is 12.1 Å². The van der Waals surface area contributed by atoms with Crippen LogP contribution < -0.4 is 4.74 Å². The van der Waals surface area contributed by atoms with Gasteiger partial charge in [-0.1, -0.05) is 12.1 Å². The maximum absolute atomic E-state index is 14.0. The summed E-state index contributed by atoms with van der Waals surface area (Å²) >= 11 is 0. The van der Waals surface area contributed by atoms with Gasteiger partial charge in [0.05, 0.1) is 31.8 Å². The van der Waals surface area contributed by atoms with Gasteiger partial charge in [-0.05, 0) is 36.4 Å². The van der Waals surface area contributed by atoms with Crippen LogP contribution in [0.3, 0.4) is 0 Å². The number of carbonyl (C=O) groups is 2. The highest BCUT2D eigenvalue weighted by Crippen LogP contribution is 2.27. The van der Waals surface area contributed by atoms with E-state index in [-0.39, 0.29) is 42.3 Å². The number of esters is 1. The van der Waals surface area contributed by atoms with Crippen molar-refractivity contribution >= 4 is 21.9 Å². The number of methoxy groups -OCH3 is 1. The fourth-order valence-corrected chi connectivity index (χ4v) is 5.47. The van der Waals surface area contributed by atoms with Crippen LogP contribution in [0, 0.1) is 5.82 Å². The molecular formula is C23H25FN2O7S. The Balaban J connectivity index is 1.51. The third-order valence-corrected chi connectivity index (χ3v) is 7.75. The van der Waals surface area contributed by atoms with Gasteiger partial charge < -0.3 is 19.1 Å². The summed E-state index contributed by atoms with van der Waals surface area (Å²) in [7, 11) is -2.48. The van der Waals surface area contributed by atoms with Crippen molar-refractivity contribution in [1.82, 2.24) is 9.21 Å². The third kappa shape index (κ3) is 4.91. The molecule has 2 aliphatic rings. The molecule has 2 aromatic carbocycles. The number of amides is 1. The van der Waals surface area contributed by atoms with E-state index in [9.17, 15) is 22.4 Å². The summed E-state index contributed by atoms with van der Waals surface area (Å²) in [5.41, 5.74) is 0.210. The molecule has 0 radical (unpaired) electrons. The maximum Gasteiger partial charge on any atom is 0.328 e. The number of hydrogen-bond donors (Lipinski definition) is 0. The van der Waals surface area contributed by atoms with E-state index < -0.39 is 39.9 Å². The van der Waals surface area contributed by atoms with Crippen molar-refractivity contribution < 1.29 is 36.6 Å². The first kappa shape index (κ1) is 24.1. The van der Waals surface area contributed by atoms with Crippen molar-refractivity contribution in [2.45, 2.75) is 23.5 Å².